The standard InChI is InChI=1S/C22H21N3O3S2/c1-2-28-22(27)20-17(14-7-9-23-10-8-14)11-19(30-20)15-3-5-16(6-4-15)25-21(26)18-12-29-13-24-18/h3-7,9,11-14,23H,2,8,10H2,1H3,(H,25,26). The van der Waals surface area contributed by atoms with E-state index >= 15 is 0 Å². The fourth-order valence-electron chi connectivity index (χ4n) is 3.28. The lowest BCUT2D eigenvalue weighted by Gasteiger charge is -2.17. The summed E-state index contributed by atoms with van der Waals surface area (Å²) in [6.45, 7) is 3.04. The number of esters is 1. The van der Waals surface area contributed by atoms with Crippen LogP contribution in [0.5, 0.6) is 0 Å². The number of carbonyl (C=O) groups is 2. The van der Waals surface area contributed by atoms with Gasteiger partial charge in [0.05, 0.1) is 12.1 Å². The fraction of sp³-hybridized carbons (Fsp3) is 0.227. The zero-order chi connectivity index (χ0) is 20.9. The number of thiophene rings is 1. The molecule has 0 bridgehead atoms. The van der Waals surface area contributed by atoms with Crippen LogP contribution in [0, 0.1) is 0 Å². The van der Waals surface area contributed by atoms with Gasteiger partial charge < -0.3 is 15.4 Å². The van der Waals surface area contributed by atoms with Gasteiger partial charge in [-0.1, -0.05) is 18.2 Å². The van der Waals surface area contributed by atoms with Crippen LogP contribution in [0.4, 0.5) is 5.69 Å². The summed E-state index contributed by atoms with van der Waals surface area (Å²) in [6.07, 6.45) is 4.97. The lowest BCUT2D eigenvalue weighted by molar-refractivity contribution is 0.0530. The minimum atomic E-state index is -0.275. The lowest BCUT2D eigenvalue weighted by atomic mass is 9.93. The van der Waals surface area contributed by atoms with Gasteiger partial charge in [-0.25, -0.2) is 9.78 Å². The Morgan fingerprint density at radius 2 is 2.13 bits per heavy atom. The number of ether oxygens (including phenoxy) is 1. The van der Waals surface area contributed by atoms with Crippen LogP contribution >= 0.6 is 22.7 Å². The Morgan fingerprint density at radius 3 is 2.80 bits per heavy atom. The predicted octanol–water partition coefficient (Wildman–Crippen LogP) is 4.89. The summed E-state index contributed by atoms with van der Waals surface area (Å²) in [7, 11) is 0. The summed E-state index contributed by atoms with van der Waals surface area (Å²) in [5.41, 5.74) is 4.72. The highest BCUT2D eigenvalue weighted by Crippen LogP contribution is 2.38. The number of allylic oxidation sites excluding steroid dienone is 1. The van der Waals surface area contributed by atoms with Crippen LogP contribution in [0.2, 0.25) is 0 Å². The Bertz CT molecular complexity index is 1060. The van der Waals surface area contributed by atoms with Crippen LogP contribution in [0.1, 0.15) is 45.0 Å². The van der Waals surface area contributed by atoms with Gasteiger partial charge in [0.2, 0.25) is 0 Å². The number of thiazole rings is 1. The average Bonchev–Trinajstić information content (AvgIpc) is 3.46. The number of benzene rings is 1. The van der Waals surface area contributed by atoms with Gasteiger partial charge in [0.1, 0.15) is 10.6 Å². The highest BCUT2D eigenvalue weighted by Gasteiger charge is 2.24. The number of amides is 1. The van der Waals surface area contributed by atoms with E-state index in [1.54, 1.807) is 10.9 Å². The van der Waals surface area contributed by atoms with Crippen LogP contribution in [0.25, 0.3) is 10.4 Å². The number of rotatable bonds is 6. The summed E-state index contributed by atoms with van der Waals surface area (Å²) in [5.74, 6) is -0.320. The molecular formula is C22H21N3O3S2. The molecule has 1 atom stereocenters. The molecule has 0 saturated heterocycles. The molecule has 30 heavy (non-hydrogen) atoms. The number of anilines is 1. The van der Waals surface area contributed by atoms with Gasteiger partial charge in [0, 0.05) is 28.4 Å². The van der Waals surface area contributed by atoms with E-state index in [0.717, 1.165) is 29.0 Å². The van der Waals surface area contributed by atoms with Crippen molar-refractivity contribution in [3.8, 4) is 10.4 Å². The molecule has 1 unspecified atom stereocenters. The summed E-state index contributed by atoms with van der Waals surface area (Å²) < 4.78 is 5.29. The normalized spacial score (nSPS) is 15.4. The van der Waals surface area contributed by atoms with Crippen molar-refractivity contribution in [2.75, 3.05) is 18.5 Å². The second-order valence-corrected chi connectivity index (χ2v) is 8.50. The number of nitrogens with one attached hydrogen (secondary N) is 2. The molecule has 3 aromatic rings. The third-order valence-electron chi connectivity index (χ3n) is 4.76. The van der Waals surface area contributed by atoms with Crippen molar-refractivity contribution in [1.29, 1.82) is 0 Å². The number of carbonyl (C=O) groups excluding carboxylic acids is 2. The van der Waals surface area contributed by atoms with Gasteiger partial charge in [-0.3, -0.25) is 4.79 Å². The third kappa shape index (κ3) is 4.44. The topological polar surface area (TPSA) is 80.3 Å². The first-order chi connectivity index (χ1) is 14.7. The van der Waals surface area contributed by atoms with E-state index < -0.39 is 0 Å². The van der Waals surface area contributed by atoms with Gasteiger partial charge in [0.25, 0.3) is 5.91 Å². The Labute approximate surface area is 182 Å². The van der Waals surface area contributed by atoms with Gasteiger partial charge in [-0.2, -0.15) is 0 Å². The molecule has 6 nitrogen and oxygen atoms in total. The molecule has 1 aliphatic heterocycles. The highest BCUT2D eigenvalue weighted by molar-refractivity contribution is 7.17. The van der Waals surface area contributed by atoms with Crippen molar-refractivity contribution in [2.24, 2.45) is 0 Å². The van der Waals surface area contributed by atoms with Crippen molar-refractivity contribution < 1.29 is 14.3 Å². The number of hydrogen-bond donors (Lipinski definition) is 2. The smallest absolute Gasteiger partial charge is 0.348 e. The SMILES string of the molecule is CCOC(=O)c1sc(-c2ccc(NC(=O)c3cscn3)cc2)cc1C1C=CNCC1. The molecule has 2 aromatic heterocycles. The first-order valence-corrected chi connectivity index (χ1v) is 11.4. The van der Waals surface area contributed by atoms with Crippen LogP contribution in [-0.4, -0.2) is 30.0 Å². The van der Waals surface area contributed by atoms with E-state index in [0.29, 0.717) is 22.9 Å². The van der Waals surface area contributed by atoms with Gasteiger partial charge in [-0.05, 0) is 48.9 Å². The fourth-order valence-corrected chi connectivity index (χ4v) is 4.94. The minimum Gasteiger partial charge on any atom is -0.462 e. The molecule has 3 heterocycles. The maximum atomic E-state index is 12.5. The van der Waals surface area contributed by atoms with E-state index in [1.165, 1.54) is 22.7 Å². The molecule has 2 N–H and O–H groups in total. The molecule has 1 aliphatic rings. The first-order valence-electron chi connectivity index (χ1n) is 9.66. The third-order valence-corrected chi connectivity index (χ3v) is 6.53. The summed E-state index contributed by atoms with van der Waals surface area (Å²) >= 11 is 2.83. The van der Waals surface area contributed by atoms with Gasteiger partial charge in [0.15, 0.2) is 0 Å². The molecule has 0 saturated carbocycles. The van der Waals surface area contributed by atoms with Crippen LogP contribution < -0.4 is 10.6 Å². The number of aromatic nitrogens is 1. The minimum absolute atomic E-state index is 0.187. The maximum Gasteiger partial charge on any atom is 0.348 e. The Hall–Kier alpha value is -2.97. The Morgan fingerprint density at radius 1 is 1.30 bits per heavy atom. The van der Waals surface area contributed by atoms with Crippen LogP contribution in [0.3, 0.4) is 0 Å². The summed E-state index contributed by atoms with van der Waals surface area (Å²) in [4.78, 5) is 30.4. The molecule has 0 aliphatic carbocycles. The lowest BCUT2D eigenvalue weighted by Crippen LogP contribution is -2.17. The molecule has 0 fully saturated rings. The van der Waals surface area contributed by atoms with Gasteiger partial charge >= 0.3 is 5.97 Å². The van der Waals surface area contributed by atoms with Crippen LogP contribution in [0.15, 0.2) is 53.5 Å². The van der Waals surface area contributed by atoms with Crippen molar-refractivity contribution in [3.05, 3.63) is 69.6 Å². The molecule has 1 amide bonds. The zero-order valence-electron chi connectivity index (χ0n) is 16.4. The maximum absolute atomic E-state index is 12.5. The largest absolute Gasteiger partial charge is 0.462 e. The molecule has 8 heteroatoms. The average molecular weight is 440 g/mol. The monoisotopic (exact) mass is 439 g/mol. The molecular weight excluding hydrogens is 418 g/mol. The summed E-state index contributed by atoms with van der Waals surface area (Å²) in [5, 5.41) is 7.75. The van der Waals surface area contributed by atoms with E-state index in [2.05, 4.69) is 27.8 Å². The molecule has 0 radical (unpaired) electrons. The number of nitrogens with zero attached hydrogens (tertiary/aromatic N) is 1. The van der Waals surface area contributed by atoms with Crippen molar-refractivity contribution >= 4 is 40.2 Å². The molecule has 4 rings (SSSR count). The number of hydrogen-bond acceptors (Lipinski definition) is 7. The summed E-state index contributed by atoms with van der Waals surface area (Å²) in [6, 6.07) is 9.68. The van der Waals surface area contributed by atoms with E-state index in [1.807, 2.05) is 37.4 Å². The van der Waals surface area contributed by atoms with Crippen molar-refractivity contribution in [3.63, 3.8) is 0 Å². The highest BCUT2D eigenvalue weighted by atomic mass is 32.1. The second kappa shape index (κ2) is 9.23. The van der Waals surface area contributed by atoms with Gasteiger partial charge in [-0.15, -0.1) is 22.7 Å². The van der Waals surface area contributed by atoms with Crippen molar-refractivity contribution in [2.45, 2.75) is 19.3 Å². The molecule has 154 valence electrons. The van der Waals surface area contributed by atoms with E-state index in [9.17, 15) is 9.59 Å². The Kier molecular flexibility index (Phi) is 6.25. The molecule has 0 spiro atoms. The van der Waals surface area contributed by atoms with E-state index in [-0.39, 0.29) is 17.8 Å². The first kappa shape index (κ1) is 20.3. The van der Waals surface area contributed by atoms with E-state index in [4.69, 9.17) is 4.74 Å². The Balaban J connectivity index is 1.58. The zero-order valence-corrected chi connectivity index (χ0v) is 18.0. The van der Waals surface area contributed by atoms with Crippen molar-refractivity contribution in [1.82, 2.24) is 10.3 Å². The van der Waals surface area contributed by atoms with Crippen LogP contribution in [-0.2, 0) is 4.74 Å². The molecule has 1 aromatic carbocycles. The quantitative estimate of drug-likeness (QED) is 0.535. The predicted molar refractivity (Wildman–Crippen MR) is 120 cm³/mol. The second-order valence-electron chi connectivity index (χ2n) is 6.73.